The lowest BCUT2D eigenvalue weighted by molar-refractivity contribution is -0.475. The number of oxime groups is 1. The van der Waals surface area contributed by atoms with E-state index in [2.05, 4.69) is 9.99 Å². The summed E-state index contributed by atoms with van der Waals surface area (Å²) < 4.78 is 139. The number of ether oxygens (including phenoxy) is 1. The molecule has 0 rings (SSSR count). The molecule has 0 aromatic heterocycles. The molecule has 0 saturated carbocycles. The summed E-state index contributed by atoms with van der Waals surface area (Å²) in [6, 6.07) is 0. The van der Waals surface area contributed by atoms with Crippen LogP contribution in [0.25, 0.3) is 0 Å². The molecule has 0 radical (unpaired) electrons. The highest BCUT2D eigenvalue weighted by Gasteiger charge is 2.80. The van der Waals surface area contributed by atoms with Gasteiger partial charge in [-0.3, -0.25) is 4.74 Å². The van der Waals surface area contributed by atoms with Crippen molar-refractivity contribution < 1.29 is 62.7 Å². The fraction of sp³-hybridized carbons (Fsp3) is 0.778. The molecular weight excluding hydrogens is 379 g/mol. The largest absolute Gasteiger partial charge is 0.462 e. The molecule has 24 heavy (non-hydrogen) atoms. The van der Waals surface area contributed by atoms with Crippen molar-refractivity contribution >= 4 is 11.7 Å². The third-order valence-electron chi connectivity index (χ3n) is 1.93. The van der Waals surface area contributed by atoms with E-state index in [1.165, 1.54) is 0 Å². The van der Waals surface area contributed by atoms with Gasteiger partial charge in [0, 0.05) is 0 Å². The Kier molecular flexibility index (Phi) is 5.89. The minimum Gasteiger partial charge on any atom is -0.311 e. The van der Waals surface area contributed by atoms with Crippen molar-refractivity contribution in [1.82, 2.24) is 0 Å². The molecule has 1 unspecified atom stereocenters. The lowest BCUT2D eigenvalue weighted by atomic mass is 10.2. The lowest BCUT2D eigenvalue weighted by Gasteiger charge is -2.33. The van der Waals surface area contributed by atoms with E-state index in [9.17, 15) is 53.1 Å². The smallest absolute Gasteiger partial charge is 0.311 e. The topological polar surface area (TPSA) is 47.9 Å². The Labute approximate surface area is 125 Å². The normalized spacial score (nSPS) is 16.4. The quantitative estimate of drug-likeness (QED) is 0.312. The highest BCUT2D eigenvalue weighted by molar-refractivity contribution is 5.82. The summed E-state index contributed by atoms with van der Waals surface area (Å²) in [7, 11) is 0. The third kappa shape index (κ3) is 4.24. The van der Waals surface area contributed by atoms with Gasteiger partial charge in [-0.1, -0.05) is 5.16 Å². The minimum absolute atomic E-state index is 0.361. The molecule has 0 N–H and O–H groups in total. The summed E-state index contributed by atoms with van der Waals surface area (Å²) in [6.45, 7) is 1.93. The van der Waals surface area contributed by atoms with Gasteiger partial charge >= 0.3 is 36.2 Å². The number of hydrogen-bond acceptors (Lipinski definition) is 4. The first-order valence-corrected chi connectivity index (χ1v) is 5.30. The van der Waals surface area contributed by atoms with Crippen molar-refractivity contribution in [2.45, 2.75) is 44.1 Å². The van der Waals surface area contributed by atoms with Crippen molar-refractivity contribution in [2.24, 2.45) is 5.16 Å². The van der Waals surface area contributed by atoms with Crippen molar-refractivity contribution in [3.8, 4) is 0 Å². The van der Waals surface area contributed by atoms with Gasteiger partial charge in [0.2, 0.25) is 0 Å². The lowest BCUT2D eigenvalue weighted by Crippen LogP contribution is -2.61. The molecule has 0 fully saturated rings. The zero-order valence-corrected chi connectivity index (χ0v) is 11.3. The molecule has 0 aromatic carbocycles. The van der Waals surface area contributed by atoms with E-state index in [1.54, 1.807) is 0 Å². The summed E-state index contributed by atoms with van der Waals surface area (Å²) in [5.74, 6) is -17.1. The summed E-state index contributed by atoms with van der Waals surface area (Å²) in [5, 5.41) is 2.44. The molecule has 1 atom stereocenters. The molecule has 0 spiro atoms. The van der Waals surface area contributed by atoms with Crippen LogP contribution in [0.4, 0.5) is 48.3 Å². The van der Waals surface area contributed by atoms with E-state index in [4.69, 9.17) is 0 Å². The van der Waals surface area contributed by atoms with Crippen LogP contribution in [0.15, 0.2) is 5.16 Å². The molecule has 0 saturated heterocycles. The minimum atomic E-state index is -7.26. The zero-order valence-electron chi connectivity index (χ0n) is 11.3. The Balaban J connectivity index is 5.91. The molecule has 0 aliphatic heterocycles. The molecule has 4 nitrogen and oxygen atoms in total. The maximum Gasteiger partial charge on any atom is 0.462 e. The fourth-order valence-electron chi connectivity index (χ4n) is 0.812. The fourth-order valence-corrected chi connectivity index (χ4v) is 0.812. The SMILES string of the molecule is CC(C)=NOC(=O)C(F)(OC(F)(F)C(F)(F)C(F)(F)F)C(F)(F)F. The highest BCUT2D eigenvalue weighted by Crippen LogP contribution is 2.51. The van der Waals surface area contributed by atoms with Crippen molar-refractivity contribution in [1.29, 1.82) is 0 Å². The highest BCUT2D eigenvalue weighted by atomic mass is 19.4. The maximum atomic E-state index is 13.5. The van der Waals surface area contributed by atoms with Crippen LogP contribution in [0.1, 0.15) is 13.8 Å². The second kappa shape index (κ2) is 6.33. The van der Waals surface area contributed by atoms with Crippen LogP contribution in [0.3, 0.4) is 0 Å². The van der Waals surface area contributed by atoms with Gasteiger partial charge in [0.25, 0.3) is 0 Å². The summed E-state index contributed by atoms with van der Waals surface area (Å²) in [6.07, 6.45) is -21.0. The van der Waals surface area contributed by atoms with Crippen LogP contribution in [0.2, 0.25) is 0 Å². The van der Waals surface area contributed by atoms with Gasteiger partial charge in [0.05, 0.1) is 5.71 Å². The number of alkyl halides is 11. The number of hydrogen-bond donors (Lipinski definition) is 0. The number of rotatable bonds is 5. The van der Waals surface area contributed by atoms with Gasteiger partial charge in [0.15, 0.2) is 0 Å². The second-order valence-corrected chi connectivity index (χ2v) is 4.20. The predicted octanol–water partition coefficient (Wildman–Crippen LogP) is 3.96. The van der Waals surface area contributed by atoms with E-state index < -0.39 is 36.2 Å². The first-order chi connectivity index (χ1) is 10.3. The number of carbonyl (C=O) groups excluding carboxylic acids is 1. The van der Waals surface area contributed by atoms with Gasteiger partial charge < -0.3 is 4.84 Å². The van der Waals surface area contributed by atoms with Crippen molar-refractivity contribution in [2.75, 3.05) is 0 Å². The molecule has 142 valence electrons. The van der Waals surface area contributed by atoms with E-state index in [1.807, 2.05) is 4.74 Å². The monoisotopic (exact) mass is 385 g/mol. The first kappa shape index (κ1) is 22.3. The van der Waals surface area contributed by atoms with E-state index >= 15 is 0 Å². The summed E-state index contributed by atoms with van der Waals surface area (Å²) in [5.41, 5.74) is -0.361. The molecular formula is C9H6F11NO3. The Morgan fingerprint density at radius 2 is 1.21 bits per heavy atom. The van der Waals surface area contributed by atoms with Gasteiger partial charge in [-0.2, -0.15) is 48.3 Å². The molecule has 0 bridgehead atoms. The van der Waals surface area contributed by atoms with Gasteiger partial charge in [-0.15, -0.1) is 0 Å². The molecule has 0 aromatic rings. The van der Waals surface area contributed by atoms with Crippen molar-refractivity contribution in [3.05, 3.63) is 0 Å². The third-order valence-corrected chi connectivity index (χ3v) is 1.93. The number of carbonyl (C=O) groups is 1. The predicted molar refractivity (Wildman–Crippen MR) is 51.8 cm³/mol. The molecule has 0 heterocycles. The van der Waals surface area contributed by atoms with Gasteiger partial charge in [0.1, 0.15) is 0 Å². The number of halogens is 11. The Morgan fingerprint density at radius 3 is 1.50 bits per heavy atom. The second-order valence-electron chi connectivity index (χ2n) is 4.20. The van der Waals surface area contributed by atoms with Crippen LogP contribution >= 0.6 is 0 Å². The van der Waals surface area contributed by atoms with Crippen LogP contribution < -0.4 is 0 Å². The van der Waals surface area contributed by atoms with Crippen molar-refractivity contribution in [3.63, 3.8) is 0 Å². The molecule has 0 aliphatic carbocycles. The molecule has 0 amide bonds. The van der Waals surface area contributed by atoms with Crippen LogP contribution in [0.5, 0.6) is 0 Å². The molecule has 0 aliphatic rings. The molecule has 15 heteroatoms. The van der Waals surface area contributed by atoms with Gasteiger partial charge in [-0.25, -0.2) is 4.79 Å². The zero-order chi connectivity index (χ0) is 19.8. The summed E-state index contributed by atoms with van der Waals surface area (Å²) >= 11 is 0. The Morgan fingerprint density at radius 1 is 0.792 bits per heavy atom. The Bertz CT molecular complexity index is 506. The van der Waals surface area contributed by atoms with Gasteiger partial charge in [-0.05, 0) is 13.8 Å². The standard InChI is InChI=1S/C9H6F11NO3/c1-3(2)21-23-4(22)5(10,7(13,14)15)24-9(19,20)6(11,12)8(16,17)18/h1-2H3. The average Bonchev–Trinajstić information content (AvgIpc) is 2.31. The summed E-state index contributed by atoms with van der Waals surface area (Å²) in [4.78, 5) is 14.1. The van der Waals surface area contributed by atoms with E-state index in [0.29, 0.717) is 0 Å². The Hall–Kier alpha value is -1.67. The maximum absolute atomic E-state index is 13.5. The average molecular weight is 385 g/mol. The van der Waals surface area contributed by atoms with E-state index in [-0.39, 0.29) is 5.71 Å². The number of nitrogens with zero attached hydrogens (tertiary/aromatic N) is 1. The van der Waals surface area contributed by atoms with Crippen LogP contribution in [-0.2, 0) is 14.4 Å². The van der Waals surface area contributed by atoms with Crippen LogP contribution in [-0.4, -0.2) is 41.9 Å². The van der Waals surface area contributed by atoms with E-state index in [0.717, 1.165) is 13.8 Å². The van der Waals surface area contributed by atoms with Crippen LogP contribution in [0, 0.1) is 0 Å². The first-order valence-electron chi connectivity index (χ1n) is 5.30.